The third-order valence-electron chi connectivity index (χ3n) is 4.00. The Morgan fingerprint density at radius 1 is 1.38 bits per heavy atom. The van der Waals surface area contributed by atoms with Crippen molar-refractivity contribution in [1.29, 1.82) is 0 Å². The average molecular weight is 291 g/mol. The first-order valence-corrected chi connectivity index (χ1v) is 7.15. The molecular weight excluding hydrogens is 270 g/mol. The monoisotopic (exact) mass is 291 g/mol. The summed E-state index contributed by atoms with van der Waals surface area (Å²) in [7, 11) is 1.62. The summed E-state index contributed by atoms with van der Waals surface area (Å²) in [6.45, 7) is 2.37. The van der Waals surface area contributed by atoms with E-state index < -0.39 is 11.4 Å². The number of carbonyl (C=O) groups is 2. The number of ether oxygens (including phenoxy) is 1. The van der Waals surface area contributed by atoms with Crippen molar-refractivity contribution in [3.8, 4) is 5.75 Å². The number of hydrogen-bond donors (Lipinski definition) is 2. The van der Waals surface area contributed by atoms with E-state index in [1.54, 1.807) is 7.11 Å². The molecule has 0 bridgehead atoms. The molecule has 1 aromatic carbocycles. The maximum absolute atomic E-state index is 12.4. The second-order valence-corrected chi connectivity index (χ2v) is 5.52. The zero-order chi connectivity index (χ0) is 15.5. The van der Waals surface area contributed by atoms with Crippen molar-refractivity contribution in [2.75, 3.05) is 13.7 Å². The Hall–Kier alpha value is -2.04. The smallest absolute Gasteiger partial charge is 0.303 e. The fourth-order valence-corrected chi connectivity index (χ4v) is 2.50. The van der Waals surface area contributed by atoms with E-state index in [1.165, 1.54) is 0 Å². The quantitative estimate of drug-likeness (QED) is 0.754. The molecule has 2 rings (SSSR count). The van der Waals surface area contributed by atoms with Crippen LogP contribution in [-0.4, -0.2) is 30.6 Å². The number of amides is 1. The fourth-order valence-electron chi connectivity index (χ4n) is 2.50. The molecule has 1 aliphatic carbocycles. The molecule has 0 saturated heterocycles. The number of hydrogen-bond acceptors (Lipinski definition) is 3. The number of nitrogens with one attached hydrogen (secondary N) is 1. The largest absolute Gasteiger partial charge is 0.496 e. The summed E-state index contributed by atoms with van der Waals surface area (Å²) in [6, 6.07) is 5.87. The Morgan fingerprint density at radius 2 is 2.10 bits per heavy atom. The van der Waals surface area contributed by atoms with Gasteiger partial charge in [0, 0.05) is 13.0 Å². The molecule has 0 unspecified atom stereocenters. The second kappa shape index (κ2) is 6.16. The van der Waals surface area contributed by atoms with Crippen LogP contribution in [0.3, 0.4) is 0 Å². The lowest BCUT2D eigenvalue weighted by molar-refractivity contribution is -0.137. The first-order valence-electron chi connectivity index (χ1n) is 7.15. The van der Waals surface area contributed by atoms with Crippen molar-refractivity contribution in [3.63, 3.8) is 0 Å². The van der Waals surface area contributed by atoms with Gasteiger partial charge < -0.3 is 15.2 Å². The summed E-state index contributed by atoms with van der Waals surface area (Å²) in [5.74, 6) is -0.0649. The highest BCUT2D eigenvalue weighted by Gasteiger charge is 2.51. The highest BCUT2D eigenvalue weighted by Crippen LogP contribution is 2.49. The van der Waals surface area contributed by atoms with Gasteiger partial charge in [-0.15, -0.1) is 0 Å². The molecule has 0 radical (unpaired) electrons. The van der Waals surface area contributed by atoms with E-state index >= 15 is 0 Å². The normalized spacial score (nSPS) is 15.3. The number of methoxy groups -OCH3 is 1. The zero-order valence-corrected chi connectivity index (χ0v) is 12.4. The SMILES string of the molecule is COc1cc(C2(C(=O)NCCCC(=O)O)CC2)ccc1C. The summed E-state index contributed by atoms with van der Waals surface area (Å²) in [5.41, 5.74) is 1.56. The number of carbonyl (C=O) groups excluding carboxylic acids is 1. The summed E-state index contributed by atoms with van der Waals surface area (Å²) in [6.07, 6.45) is 2.17. The maximum Gasteiger partial charge on any atom is 0.303 e. The van der Waals surface area contributed by atoms with E-state index in [1.807, 2.05) is 25.1 Å². The van der Waals surface area contributed by atoms with E-state index in [-0.39, 0.29) is 12.3 Å². The molecule has 1 amide bonds. The van der Waals surface area contributed by atoms with Gasteiger partial charge in [-0.25, -0.2) is 0 Å². The summed E-state index contributed by atoms with van der Waals surface area (Å²) < 4.78 is 5.32. The third-order valence-corrected chi connectivity index (χ3v) is 4.00. The van der Waals surface area contributed by atoms with E-state index in [0.717, 1.165) is 29.7 Å². The van der Waals surface area contributed by atoms with Gasteiger partial charge in [0.05, 0.1) is 12.5 Å². The molecule has 1 saturated carbocycles. The van der Waals surface area contributed by atoms with Crippen LogP contribution in [0.2, 0.25) is 0 Å². The van der Waals surface area contributed by atoms with Crippen molar-refractivity contribution < 1.29 is 19.4 Å². The van der Waals surface area contributed by atoms with Crippen LogP contribution >= 0.6 is 0 Å². The van der Waals surface area contributed by atoms with Crippen LogP contribution in [0.1, 0.15) is 36.8 Å². The molecule has 0 aliphatic heterocycles. The van der Waals surface area contributed by atoms with Gasteiger partial charge in [-0.05, 0) is 43.4 Å². The summed E-state index contributed by atoms with van der Waals surface area (Å²) in [5, 5.41) is 11.4. The topological polar surface area (TPSA) is 75.6 Å². The Bertz CT molecular complexity index is 549. The number of aryl methyl sites for hydroxylation is 1. The van der Waals surface area contributed by atoms with Crippen LogP contribution in [0.15, 0.2) is 18.2 Å². The van der Waals surface area contributed by atoms with Gasteiger partial charge in [-0.3, -0.25) is 9.59 Å². The van der Waals surface area contributed by atoms with Crippen LogP contribution in [0, 0.1) is 6.92 Å². The molecule has 1 aromatic rings. The van der Waals surface area contributed by atoms with Crippen molar-refractivity contribution >= 4 is 11.9 Å². The van der Waals surface area contributed by atoms with Crippen LogP contribution in [0.4, 0.5) is 0 Å². The number of aliphatic carboxylic acids is 1. The number of carboxylic acid groups (broad SMARTS) is 1. The highest BCUT2D eigenvalue weighted by molar-refractivity contribution is 5.91. The molecule has 5 heteroatoms. The van der Waals surface area contributed by atoms with E-state index in [2.05, 4.69) is 5.32 Å². The standard InChI is InChI=1S/C16H21NO4/c1-11-5-6-12(10-13(11)21-2)16(7-8-16)15(20)17-9-3-4-14(18)19/h5-6,10H,3-4,7-9H2,1-2H3,(H,17,20)(H,18,19). The van der Waals surface area contributed by atoms with Crippen molar-refractivity contribution in [2.45, 2.75) is 38.0 Å². The molecule has 0 aromatic heterocycles. The minimum Gasteiger partial charge on any atom is -0.496 e. The van der Waals surface area contributed by atoms with Crippen molar-refractivity contribution in [2.24, 2.45) is 0 Å². The predicted octanol–water partition coefficient (Wildman–Crippen LogP) is 2.02. The van der Waals surface area contributed by atoms with Gasteiger partial charge in [0.15, 0.2) is 0 Å². The third kappa shape index (κ3) is 3.35. The molecule has 1 fully saturated rings. The van der Waals surface area contributed by atoms with E-state index in [0.29, 0.717) is 13.0 Å². The van der Waals surface area contributed by atoms with E-state index in [4.69, 9.17) is 9.84 Å². The number of benzene rings is 1. The summed E-state index contributed by atoms with van der Waals surface area (Å²) >= 11 is 0. The van der Waals surface area contributed by atoms with Gasteiger partial charge in [-0.2, -0.15) is 0 Å². The Kier molecular flexibility index (Phi) is 4.50. The Labute approximate surface area is 124 Å². The van der Waals surface area contributed by atoms with Gasteiger partial charge in [0.1, 0.15) is 5.75 Å². The Morgan fingerprint density at radius 3 is 2.67 bits per heavy atom. The van der Waals surface area contributed by atoms with Gasteiger partial charge in [0.2, 0.25) is 5.91 Å². The molecule has 114 valence electrons. The lowest BCUT2D eigenvalue weighted by atomic mass is 9.93. The lowest BCUT2D eigenvalue weighted by Crippen LogP contribution is -2.35. The maximum atomic E-state index is 12.4. The minimum atomic E-state index is -0.839. The van der Waals surface area contributed by atoms with Crippen LogP contribution < -0.4 is 10.1 Å². The predicted molar refractivity (Wildman–Crippen MR) is 78.5 cm³/mol. The van der Waals surface area contributed by atoms with E-state index in [9.17, 15) is 9.59 Å². The van der Waals surface area contributed by atoms with Crippen LogP contribution in [0.5, 0.6) is 5.75 Å². The zero-order valence-electron chi connectivity index (χ0n) is 12.4. The second-order valence-electron chi connectivity index (χ2n) is 5.52. The fraction of sp³-hybridized carbons (Fsp3) is 0.500. The lowest BCUT2D eigenvalue weighted by Gasteiger charge is -2.17. The van der Waals surface area contributed by atoms with Crippen molar-refractivity contribution in [1.82, 2.24) is 5.32 Å². The van der Waals surface area contributed by atoms with Gasteiger partial charge in [-0.1, -0.05) is 12.1 Å². The van der Waals surface area contributed by atoms with Crippen molar-refractivity contribution in [3.05, 3.63) is 29.3 Å². The van der Waals surface area contributed by atoms with Crippen LogP contribution in [0.25, 0.3) is 0 Å². The first-order chi connectivity index (χ1) is 9.99. The molecule has 0 spiro atoms. The molecule has 21 heavy (non-hydrogen) atoms. The number of carboxylic acids is 1. The summed E-state index contributed by atoms with van der Waals surface area (Å²) in [4.78, 5) is 22.8. The van der Waals surface area contributed by atoms with Crippen LogP contribution in [-0.2, 0) is 15.0 Å². The molecule has 2 N–H and O–H groups in total. The molecule has 1 aliphatic rings. The average Bonchev–Trinajstić information content (AvgIpc) is 3.25. The first kappa shape index (κ1) is 15.4. The molecule has 0 heterocycles. The molecule has 5 nitrogen and oxygen atoms in total. The van der Waals surface area contributed by atoms with Gasteiger partial charge in [0.25, 0.3) is 0 Å². The molecule has 0 atom stereocenters. The molecular formula is C16H21NO4. The Balaban J connectivity index is 2.01. The number of rotatable bonds is 7. The highest BCUT2D eigenvalue weighted by atomic mass is 16.5. The minimum absolute atomic E-state index is 0.0150. The van der Waals surface area contributed by atoms with Gasteiger partial charge >= 0.3 is 5.97 Å².